The topological polar surface area (TPSA) is 57.6 Å². The molecule has 20 heavy (non-hydrogen) atoms. The summed E-state index contributed by atoms with van der Waals surface area (Å²) in [6.07, 6.45) is 4.16. The third-order valence-electron chi connectivity index (χ3n) is 3.68. The second kappa shape index (κ2) is 6.70. The minimum atomic E-state index is -3.39. The van der Waals surface area contributed by atoms with Crippen molar-refractivity contribution in [2.45, 2.75) is 50.0 Å². The highest BCUT2D eigenvalue weighted by Gasteiger charge is 2.37. The number of nitrogens with zero attached hydrogens (tertiary/aromatic N) is 1. The summed E-state index contributed by atoms with van der Waals surface area (Å²) in [4.78, 5) is 0.380. The lowest BCUT2D eigenvalue weighted by Gasteiger charge is -2.22. The van der Waals surface area contributed by atoms with Crippen LogP contribution in [-0.4, -0.2) is 37.0 Å². The molecule has 0 saturated heterocycles. The smallest absolute Gasteiger partial charge is 0.243 e. The van der Waals surface area contributed by atoms with E-state index in [1.165, 1.54) is 0 Å². The molecule has 1 saturated carbocycles. The fourth-order valence-electron chi connectivity index (χ4n) is 2.27. The molecule has 0 spiro atoms. The van der Waals surface area contributed by atoms with Crippen molar-refractivity contribution in [1.29, 1.82) is 0 Å². The Morgan fingerprint density at radius 1 is 1.20 bits per heavy atom. The van der Waals surface area contributed by atoms with Crippen LogP contribution in [0, 0.1) is 0 Å². The zero-order valence-corrected chi connectivity index (χ0v) is 12.8. The van der Waals surface area contributed by atoms with Crippen molar-refractivity contribution < 1.29 is 13.5 Å². The fraction of sp³-hybridized carbons (Fsp3) is 0.600. The Hall–Kier alpha value is -0.910. The molecule has 1 N–H and O–H groups in total. The van der Waals surface area contributed by atoms with E-state index in [-0.39, 0.29) is 12.6 Å². The van der Waals surface area contributed by atoms with Crippen LogP contribution in [0.25, 0.3) is 0 Å². The van der Waals surface area contributed by atoms with Crippen LogP contribution in [0.1, 0.15) is 38.2 Å². The Labute approximate surface area is 121 Å². The first-order valence-electron chi connectivity index (χ1n) is 7.31. The molecular weight excluding hydrogens is 274 g/mol. The summed E-state index contributed by atoms with van der Waals surface area (Å²) in [5.74, 6) is 0. The Bertz CT molecular complexity index is 521. The van der Waals surface area contributed by atoms with Crippen molar-refractivity contribution in [2.24, 2.45) is 0 Å². The average molecular weight is 297 g/mol. The lowest BCUT2D eigenvalue weighted by Crippen LogP contribution is -2.34. The van der Waals surface area contributed by atoms with Crippen LogP contribution in [0.2, 0.25) is 0 Å². The summed E-state index contributed by atoms with van der Waals surface area (Å²) in [5, 5.41) is 8.84. The van der Waals surface area contributed by atoms with Gasteiger partial charge in [-0.3, -0.25) is 0 Å². The number of aryl methyl sites for hydroxylation is 1. The van der Waals surface area contributed by atoms with Gasteiger partial charge in [0.2, 0.25) is 10.0 Å². The first-order valence-corrected chi connectivity index (χ1v) is 8.75. The molecule has 1 aliphatic rings. The largest absolute Gasteiger partial charge is 0.396 e. The maximum Gasteiger partial charge on any atom is 0.243 e. The van der Waals surface area contributed by atoms with Crippen molar-refractivity contribution in [3.63, 3.8) is 0 Å². The monoisotopic (exact) mass is 297 g/mol. The zero-order chi connectivity index (χ0) is 14.6. The molecule has 5 heteroatoms. The lowest BCUT2D eigenvalue weighted by molar-refractivity contribution is 0.275. The van der Waals surface area contributed by atoms with Crippen molar-refractivity contribution in [2.75, 3.05) is 13.2 Å². The molecule has 0 aliphatic heterocycles. The summed E-state index contributed by atoms with van der Waals surface area (Å²) in [5.41, 5.74) is 1.14. The van der Waals surface area contributed by atoms with Crippen LogP contribution >= 0.6 is 0 Å². The van der Waals surface area contributed by atoms with E-state index in [9.17, 15) is 8.42 Å². The molecule has 0 amide bonds. The second-order valence-corrected chi connectivity index (χ2v) is 7.17. The molecule has 0 radical (unpaired) electrons. The van der Waals surface area contributed by atoms with Gasteiger partial charge in [-0.2, -0.15) is 4.31 Å². The highest BCUT2D eigenvalue weighted by Crippen LogP contribution is 2.32. The molecular formula is C15H23NO3S. The molecule has 1 aromatic carbocycles. The molecule has 4 nitrogen and oxygen atoms in total. The summed E-state index contributed by atoms with van der Waals surface area (Å²) >= 11 is 0. The molecule has 0 atom stereocenters. The van der Waals surface area contributed by atoms with Crippen LogP contribution in [0.4, 0.5) is 0 Å². The predicted octanol–water partition coefficient (Wildman–Crippen LogP) is 2.17. The minimum Gasteiger partial charge on any atom is -0.396 e. The van der Waals surface area contributed by atoms with Crippen LogP contribution < -0.4 is 0 Å². The van der Waals surface area contributed by atoms with E-state index in [4.69, 9.17) is 5.11 Å². The van der Waals surface area contributed by atoms with E-state index in [0.29, 0.717) is 24.3 Å². The normalized spacial score (nSPS) is 15.8. The van der Waals surface area contributed by atoms with Gasteiger partial charge in [-0.05, 0) is 49.8 Å². The maximum absolute atomic E-state index is 12.7. The average Bonchev–Trinajstić information content (AvgIpc) is 3.28. The van der Waals surface area contributed by atoms with Gasteiger partial charge in [0.05, 0.1) is 4.90 Å². The first kappa shape index (κ1) is 15.5. The van der Waals surface area contributed by atoms with Crippen LogP contribution in [-0.2, 0) is 16.4 Å². The van der Waals surface area contributed by atoms with E-state index in [2.05, 4.69) is 6.92 Å². The number of rotatable bonds is 8. The van der Waals surface area contributed by atoms with Gasteiger partial charge in [0.15, 0.2) is 0 Å². The maximum atomic E-state index is 12.7. The van der Waals surface area contributed by atoms with Crippen LogP contribution in [0.15, 0.2) is 29.2 Å². The van der Waals surface area contributed by atoms with Gasteiger partial charge >= 0.3 is 0 Å². The summed E-state index contributed by atoms with van der Waals surface area (Å²) < 4.78 is 27.0. The fourth-order valence-corrected chi connectivity index (χ4v) is 4.00. The quantitative estimate of drug-likeness (QED) is 0.748. The van der Waals surface area contributed by atoms with Gasteiger partial charge in [0.1, 0.15) is 0 Å². The predicted molar refractivity (Wildman–Crippen MR) is 79.1 cm³/mol. The Kier molecular flexibility index (Phi) is 5.18. The molecule has 0 aromatic heterocycles. The molecule has 0 heterocycles. The van der Waals surface area contributed by atoms with Gasteiger partial charge in [-0.15, -0.1) is 0 Å². The summed E-state index contributed by atoms with van der Waals surface area (Å²) in [6.45, 7) is 2.67. The summed E-state index contributed by atoms with van der Waals surface area (Å²) in [7, 11) is -3.39. The minimum absolute atomic E-state index is 0.115. The molecule has 0 unspecified atom stereocenters. The Morgan fingerprint density at radius 2 is 1.85 bits per heavy atom. The SMILES string of the molecule is CCc1ccc(S(=O)(=O)N(CCCCO)C2CC2)cc1. The number of unbranched alkanes of at least 4 members (excludes halogenated alkanes) is 1. The molecule has 1 aliphatic carbocycles. The highest BCUT2D eigenvalue weighted by molar-refractivity contribution is 7.89. The van der Waals surface area contributed by atoms with Gasteiger partial charge in [-0.25, -0.2) is 8.42 Å². The zero-order valence-electron chi connectivity index (χ0n) is 12.0. The van der Waals surface area contributed by atoms with Crippen molar-refractivity contribution in [3.05, 3.63) is 29.8 Å². The van der Waals surface area contributed by atoms with E-state index >= 15 is 0 Å². The van der Waals surface area contributed by atoms with Crippen molar-refractivity contribution in [1.82, 2.24) is 4.31 Å². The number of hydrogen-bond donors (Lipinski definition) is 1. The van der Waals surface area contributed by atoms with Gasteiger partial charge in [0, 0.05) is 19.2 Å². The Balaban J connectivity index is 2.16. The highest BCUT2D eigenvalue weighted by atomic mass is 32.2. The molecule has 0 bridgehead atoms. The van der Waals surface area contributed by atoms with Gasteiger partial charge < -0.3 is 5.11 Å². The van der Waals surface area contributed by atoms with E-state index < -0.39 is 10.0 Å². The molecule has 1 fully saturated rings. The van der Waals surface area contributed by atoms with Crippen LogP contribution in [0.3, 0.4) is 0 Å². The van der Waals surface area contributed by atoms with Gasteiger partial charge in [0.25, 0.3) is 0 Å². The first-order chi connectivity index (χ1) is 9.59. The van der Waals surface area contributed by atoms with Crippen molar-refractivity contribution in [3.8, 4) is 0 Å². The standard InChI is InChI=1S/C15H23NO3S/c1-2-13-5-9-15(10-6-13)20(18,19)16(14-7-8-14)11-3-4-12-17/h5-6,9-10,14,17H,2-4,7-8,11-12H2,1H3. The van der Waals surface area contributed by atoms with Gasteiger partial charge in [-0.1, -0.05) is 19.1 Å². The van der Waals surface area contributed by atoms with E-state index in [0.717, 1.165) is 24.8 Å². The number of hydrogen-bond acceptors (Lipinski definition) is 3. The third kappa shape index (κ3) is 3.59. The molecule has 112 valence electrons. The Morgan fingerprint density at radius 3 is 2.35 bits per heavy atom. The number of sulfonamides is 1. The number of aliphatic hydroxyl groups is 1. The number of benzene rings is 1. The molecule has 2 rings (SSSR count). The third-order valence-corrected chi connectivity index (χ3v) is 5.65. The van der Waals surface area contributed by atoms with Crippen LogP contribution in [0.5, 0.6) is 0 Å². The van der Waals surface area contributed by atoms with Crippen molar-refractivity contribution >= 4 is 10.0 Å². The molecule has 1 aromatic rings. The second-order valence-electron chi connectivity index (χ2n) is 5.28. The van der Waals surface area contributed by atoms with E-state index in [1.54, 1.807) is 16.4 Å². The number of aliphatic hydroxyl groups excluding tert-OH is 1. The van der Waals surface area contributed by atoms with E-state index in [1.807, 2.05) is 12.1 Å². The lowest BCUT2D eigenvalue weighted by atomic mass is 10.2. The summed E-state index contributed by atoms with van der Waals surface area (Å²) in [6, 6.07) is 7.33.